The smallest absolute Gasteiger partial charge is 0.0303 e. The molecule has 0 saturated heterocycles. The average Bonchev–Trinajstić information content (AvgIpc) is 3.18. The van der Waals surface area contributed by atoms with Crippen LogP contribution in [0.25, 0.3) is 0 Å². The number of rotatable bonds is 5. The number of hydrogen-bond donors (Lipinski definition) is 1. The second-order valence-electron chi connectivity index (χ2n) is 5.57. The highest BCUT2D eigenvalue weighted by Crippen LogP contribution is 2.40. The molecule has 2 heteroatoms. The number of benzene rings is 1. The molecule has 0 radical (unpaired) electrons. The molecule has 1 fully saturated rings. The van der Waals surface area contributed by atoms with Gasteiger partial charge in [0.15, 0.2) is 0 Å². The monoisotopic (exact) mass is 271 g/mol. The van der Waals surface area contributed by atoms with Gasteiger partial charge in [-0.05, 0) is 55.4 Å². The first-order chi connectivity index (χ1) is 9.22. The second kappa shape index (κ2) is 5.48. The summed E-state index contributed by atoms with van der Waals surface area (Å²) in [5, 5.41) is 3.56. The quantitative estimate of drug-likeness (QED) is 0.842. The van der Waals surface area contributed by atoms with Crippen molar-refractivity contribution in [2.45, 2.75) is 45.7 Å². The summed E-state index contributed by atoms with van der Waals surface area (Å²) in [6, 6.07) is 11.4. The van der Waals surface area contributed by atoms with Crippen LogP contribution in [0.2, 0.25) is 0 Å². The van der Waals surface area contributed by atoms with E-state index >= 15 is 0 Å². The zero-order chi connectivity index (χ0) is 13.2. The van der Waals surface area contributed by atoms with Crippen LogP contribution in [0.4, 0.5) is 0 Å². The minimum Gasteiger partial charge on any atom is -0.308 e. The lowest BCUT2D eigenvalue weighted by molar-refractivity contribution is 0.700. The van der Waals surface area contributed by atoms with Crippen LogP contribution in [0.3, 0.4) is 0 Å². The Balaban J connectivity index is 1.55. The first kappa shape index (κ1) is 12.9. The lowest BCUT2D eigenvalue weighted by Gasteiger charge is -2.05. The molecule has 1 saturated carbocycles. The van der Waals surface area contributed by atoms with Gasteiger partial charge >= 0.3 is 0 Å². The maximum absolute atomic E-state index is 3.56. The van der Waals surface area contributed by atoms with Gasteiger partial charge < -0.3 is 5.32 Å². The molecule has 0 aliphatic heterocycles. The molecule has 1 N–H and O–H groups in total. The Labute approximate surface area is 119 Å². The zero-order valence-electron chi connectivity index (χ0n) is 11.7. The van der Waals surface area contributed by atoms with Gasteiger partial charge in [0, 0.05) is 22.8 Å². The number of nitrogens with one attached hydrogen (secondary N) is 1. The molecule has 0 spiro atoms. The van der Waals surface area contributed by atoms with Gasteiger partial charge in [0.25, 0.3) is 0 Å². The van der Waals surface area contributed by atoms with Crippen molar-refractivity contribution in [1.29, 1.82) is 0 Å². The highest BCUT2D eigenvalue weighted by molar-refractivity contribution is 7.12. The lowest BCUT2D eigenvalue weighted by atomic mass is 10.1. The third-order valence-corrected chi connectivity index (χ3v) is 5.00. The van der Waals surface area contributed by atoms with Gasteiger partial charge in [-0.3, -0.25) is 0 Å². The van der Waals surface area contributed by atoms with Crippen molar-refractivity contribution in [2.24, 2.45) is 0 Å². The standard InChI is InChI=1S/C17H21NS/c1-12-8-17(19-13(12)2)11-18-10-14-4-3-5-16(9-14)15-6-7-15/h3-5,8-9,15,18H,6-7,10-11H2,1-2H3. The molecule has 3 rings (SSSR count). The van der Waals surface area contributed by atoms with Gasteiger partial charge in [-0.2, -0.15) is 0 Å². The predicted octanol–water partition coefficient (Wildman–Crippen LogP) is 4.53. The van der Waals surface area contributed by atoms with Gasteiger partial charge in [-0.1, -0.05) is 24.3 Å². The maximum Gasteiger partial charge on any atom is 0.0303 e. The van der Waals surface area contributed by atoms with Gasteiger partial charge in [0.05, 0.1) is 0 Å². The Morgan fingerprint density at radius 1 is 1.16 bits per heavy atom. The van der Waals surface area contributed by atoms with Crippen LogP contribution in [0.5, 0.6) is 0 Å². The van der Waals surface area contributed by atoms with Crippen molar-refractivity contribution < 1.29 is 0 Å². The van der Waals surface area contributed by atoms with Gasteiger partial charge in [-0.25, -0.2) is 0 Å². The van der Waals surface area contributed by atoms with E-state index in [0.717, 1.165) is 19.0 Å². The van der Waals surface area contributed by atoms with Crippen LogP contribution < -0.4 is 5.32 Å². The van der Waals surface area contributed by atoms with Gasteiger partial charge in [0.2, 0.25) is 0 Å². The highest BCUT2D eigenvalue weighted by atomic mass is 32.1. The molecule has 0 amide bonds. The molecule has 1 aromatic carbocycles. The Morgan fingerprint density at radius 2 is 2.00 bits per heavy atom. The van der Waals surface area contributed by atoms with E-state index in [0.29, 0.717) is 0 Å². The molecule has 1 heterocycles. The van der Waals surface area contributed by atoms with E-state index in [1.165, 1.54) is 39.3 Å². The third-order valence-electron chi connectivity index (χ3n) is 3.85. The molecule has 1 nitrogen and oxygen atoms in total. The van der Waals surface area contributed by atoms with Crippen molar-refractivity contribution in [3.8, 4) is 0 Å². The van der Waals surface area contributed by atoms with Crippen molar-refractivity contribution in [3.05, 3.63) is 56.8 Å². The minimum atomic E-state index is 0.850. The number of hydrogen-bond acceptors (Lipinski definition) is 2. The van der Waals surface area contributed by atoms with Crippen LogP contribution in [-0.2, 0) is 13.1 Å². The summed E-state index contributed by atoms with van der Waals surface area (Å²) in [5.74, 6) is 0.850. The third kappa shape index (κ3) is 3.26. The molecule has 1 aromatic heterocycles. The second-order valence-corrected chi connectivity index (χ2v) is 6.92. The molecule has 19 heavy (non-hydrogen) atoms. The Bertz CT molecular complexity index is 547. The summed E-state index contributed by atoms with van der Waals surface area (Å²) in [4.78, 5) is 2.88. The van der Waals surface area contributed by atoms with Gasteiger partial charge in [0.1, 0.15) is 0 Å². The van der Waals surface area contributed by atoms with Crippen LogP contribution in [0.1, 0.15) is 45.2 Å². The molecule has 0 atom stereocenters. The molecular formula is C17H21NS. The summed E-state index contributed by atoms with van der Waals surface area (Å²) in [6.07, 6.45) is 2.76. The van der Waals surface area contributed by atoms with Crippen molar-refractivity contribution in [3.63, 3.8) is 0 Å². The van der Waals surface area contributed by atoms with E-state index in [2.05, 4.69) is 49.5 Å². The van der Waals surface area contributed by atoms with Crippen LogP contribution in [0, 0.1) is 13.8 Å². The summed E-state index contributed by atoms with van der Waals surface area (Å²) in [7, 11) is 0. The average molecular weight is 271 g/mol. The van der Waals surface area contributed by atoms with E-state index in [4.69, 9.17) is 0 Å². The molecule has 0 bridgehead atoms. The highest BCUT2D eigenvalue weighted by Gasteiger charge is 2.23. The Morgan fingerprint density at radius 3 is 2.68 bits per heavy atom. The summed E-state index contributed by atoms with van der Waals surface area (Å²) >= 11 is 1.91. The molecule has 1 aliphatic rings. The molecule has 0 unspecified atom stereocenters. The van der Waals surface area contributed by atoms with Crippen molar-refractivity contribution in [1.82, 2.24) is 5.32 Å². The molecular weight excluding hydrogens is 250 g/mol. The van der Waals surface area contributed by atoms with E-state index < -0.39 is 0 Å². The summed E-state index contributed by atoms with van der Waals surface area (Å²) in [6.45, 7) is 6.33. The fourth-order valence-corrected chi connectivity index (χ4v) is 3.46. The zero-order valence-corrected chi connectivity index (χ0v) is 12.5. The van der Waals surface area contributed by atoms with E-state index in [9.17, 15) is 0 Å². The van der Waals surface area contributed by atoms with Crippen molar-refractivity contribution >= 4 is 11.3 Å². The predicted molar refractivity (Wildman–Crippen MR) is 82.8 cm³/mol. The minimum absolute atomic E-state index is 0.850. The number of thiophene rings is 1. The SMILES string of the molecule is Cc1cc(CNCc2cccc(C3CC3)c2)sc1C. The van der Waals surface area contributed by atoms with Gasteiger partial charge in [-0.15, -0.1) is 11.3 Å². The summed E-state index contributed by atoms with van der Waals surface area (Å²) < 4.78 is 0. The maximum atomic E-state index is 3.56. The Hall–Kier alpha value is -1.12. The van der Waals surface area contributed by atoms with Crippen molar-refractivity contribution in [2.75, 3.05) is 0 Å². The van der Waals surface area contributed by atoms with E-state index in [1.54, 1.807) is 0 Å². The first-order valence-electron chi connectivity index (χ1n) is 7.08. The fraction of sp³-hybridized carbons (Fsp3) is 0.412. The van der Waals surface area contributed by atoms with E-state index in [1.807, 2.05) is 11.3 Å². The van der Waals surface area contributed by atoms with Crippen LogP contribution in [-0.4, -0.2) is 0 Å². The lowest BCUT2D eigenvalue weighted by Crippen LogP contribution is -2.11. The topological polar surface area (TPSA) is 12.0 Å². The largest absolute Gasteiger partial charge is 0.308 e. The van der Waals surface area contributed by atoms with Crippen LogP contribution in [0.15, 0.2) is 30.3 Å². The Kier molecular flexibility index (Phi) is 3.72. The normalized spacial score (nSPS) is 14.8. The molecule has 1 aliphatic carbocycles. The van der Waals surface area contributed by atoms with Crippen LogP contribution >= 0.6 is 11.3 Å². The molecule has 100 valence electrons. The fourth-order valence-electron chi connectivity index (χ4n) is 2.44. The molecule has 2 aromatic rings. The summed E-state index contributed by atoms with van der Waals surface area (Å²) in [5.41, 5.74) is 4.36. The first-order valence-corrected chi connectivity index (χ1v) is 7.89. The number of aryl methyl sites for hydroxylation is 2. The van der Waals surface area contributed by atoms with E-state index in [-0.39, 0.29) is 0 Å².